The highest BCUT2D eigenvalue weighted by Gasteiger charge is 2.32. The van der Waals surface area contributed by atoms with Crippen LogP contribution in [0.15, 0.2) is 18.5 Å². The average Bonchev–Trinajstić information content (AvgIpc) is 3.45. The van der Waals surface area contributed by atoms with Gasteiger partial charge in [0.25, 0.3) is 0 Å². The molecule has 186 valence electrons. The molecule has 2 aliphatic rings. The molecule has 0 bridgehead atoms. The molecule has 11 heteroatoms. The molecule has 35 heavy (non-hydrogen) atoms. The molecule has 4 heterocycles. The maximum Gasteiger partial charge on any atom is 0.411 e. The van der Waals surface area contributed by atoms with Crippen molar-refractivity contribution in [2.75, 3.05) is 24.6 Å². The highest BCUT2D eigenvalue weighted by atomic mass is 35.5. The molecule has 2 amide bonds. The number of aromatic nitrogens is 3. The van der Waals surface area contributed by atoms with Crippen molar-refractivity contribution in [1.29, 1.82) is 0 Å². The third kappa shape index (κ3) is 4.05. The zero-order valence-electron chi connectivity index (χ0n) is 19.6. The number of carbonyl (C=O) groups excluding carboxylic acids is 1. The maximum atomic E-state index is 12.3. The van der Waals surface area contributed by atoms with Gasteiger partial charge in [0.1, 0.15) is 6.23 Å². The van der Waals surface area contributed by atoms with Crippen LogP contribution in [0.1, 0.15) is 45.0 Å². The van der Waals surface area contributed by atoms with Gasteiger partial charge in [-0.2, -0.15) is 5.10 Å². The fourth-order valence-electron chi connectivity index (χ4n) is 5.16. The first-order valence-electron chi connectivity index (χ1n) is 11.8. The Labute approximate surface area is 212 Å². The van der Waals surface area contributed by atoms with Crippen LogP contribution in [0.25, 0.3) is 22.0 Å². The van der Waals surface area contributed by atoms with Gasteiger partial charge in [-0.1, -0.05) is 23.2 Å². The second kappa shape index (κ2) is 9.37. The molecule has 1 saturated heterocycles. The molecule has 1 aromatic carbocycles. The number of carbonyl (C=O) groups is 2. The van der Waals surface area contributed by atoms with Gasteiger partial charge >= 0.3 is 6.09 Å². The molecule has 1 N–H and O–H groups in total. The quantitative estimate of drug-likeness (QED) is 0.499. The Kier molecular flexibility index (Phi) is 6.41. The van der Waals surface area contributed by atoms with E-state index < -0.39 is 6.09 Å². The fraction of sp³-hybridized carbons (Fsp3) is 0.458. The van der Waals surface area contributed by atoms with Gasteiger partial charge in [0.05, 0.1) is 34.0 Å². The van der Waals surface area contributed by atoms with Crippen LogP contribution in [0.4, 0.5) is 10.5 Å². The van der Waals surface area contributed by atoms with Gasteiger partial charge in [-0.25, -0.2) is 9.48 Å². The van der Waals surface area contributed by atoms with Crippen LogP contribution >= 0.6 is 23.2 Å². The molecule has 1 unspecified atom stereocenters. The van der Waals surface area contributed by atoms with E-state index in [2.05, 4.69) is 9.67 Å². The van der Waals surface area contributed by atoms with Crippen LogP contribution < -0.4 is 4.90 Å². The second-order valence-electron chi connectivity index (χ2n) is 8.89. The number of benzene rings is 1. The zero-order valence-corrected chi connectivity index (χ0v) is 21.1. The number of hydrogen-bond acceptors (Lipinski definition) is 4. The van der Waals surface area contributed by atoms with Gasteiger partial charge in [-0.3, -0.25) is 9.69 Å². The molecular formula is C24H27Cl2N5O4. The molecule has 0 saturated carbocycles. The van der Waals surface area contributed by atoms with Crippen LogP contribution in [0.5, 0.6) is 0 Å². The molecule has 9 nitrogen and oxygen atoms in total. The summed E-state index contributed by atoms with van der Waals surface area (Å²) in [7, 11) is 0. The van der Waals surface area contributed by atoms with Gasteiger partial charge in [-0.15, -0.1) is 0 Å². The van der Waals surface area contributed by atoms with Gasteiger partial charge in [0.15, 0.2) is 0 Å². The minimum absolute atomic E-state index is 0.0242. The van der Waals surface area contributed by atoms with Crippen molar-refractivity contribution in [1.82, 2.24) is 19.2 Å². The lowest BCUT2D eigenvalue weighted by Gasteiger charge is -2.29. The second-order valence-corrected chi connectivity index (χ2v) is 9.67. The Morgan fingerprint density at radius 3 is 2.74 bits per heavy atom. The van der Waals surface area contributed by atoms with Crippen molar-refractivity contribution in [3.05, 3.63) is 34.2 Å². The van der Waals surface area contributed by atoms with Crippen LogP contribution in [-0.4, -0.2) is 56.1 Å². The van der Waals surface area contributed by atoms with E-state index in [0.29, 0.717) is 47.9 Å². The van der Waals surface area contributed by atoms with E-state index in [1.165, 1.54) is 4.90 Å². The largest absolute Gasteiger partial charge is 0.465 e. The van der Waals surface area contributed by atoms with E-state index in [1.54, 1.807) is 31.0 Å². The van der Waals surface area contributed by atoms with E-state index in [0.717, 1.165) is 36.1 Å². The summed E-state index contributed by atoms with van der Waals surface area (Å²) < 4.78 is 9.79. The Hall–Kier alpha value is -2.75. The van der Waals surface area contributed by atoms with Crippen molar-refractivity contribution in [3.63, 3.8) is 0 Å². The summed E-state index contributed by atoms with van der Waals surface area (Å²) in [6.07, 6.45) is 5.46. The summed E-state index contributed by atoms with van der Waals surface area (Å²) in [4.78, 5) is 27.5. The molecule has 1 atom stereocenters. The summed E-state index contributed by atoms with van der Waals surface area (Å²) in [6, 6.07) is 1.61. The summed E-state index contributed by atoms with van der Waals surface area (Å²) in [6.45, 7) is 5.66. The normalized spacial score (nSPS) is 18.1. The van der Waals surface area contributed by atoms with E-state index >= 15 is 0 Å². The van der Waals surface area contributed by atoms with Crippen LogP contribution in [0.3, 0.4) is 0 Å². The summed E-state index contributed by atoms with van der Waals surface area (Å²) >= 11 is 13.3. The lowest BCUT2D eigenvalue weighted by molar-refractivity contribution is -0.130. The predicted octanol–water partition coefficient (Wildman–Crippen LogP) is 5.38. The number of carboxylic acid groups (broad SMARTS) is 1. The van der Waals surface area contributed by atoms with Crippen LogP contribution in [0.2, 0.25) is 10.0 Å². The number of hydrogen-bond donors (Lipinski definition) is 1. The lowest BCUT2D eigenvalue weighted by Crippen LogP contribution is -2.36. The zero-order chi connectivity index (χ0) is 24.9. The van der Waals surface area contributed by atoms with E-state index in [1.807, 2.05) is 10.9 Å². The highest BCUT2D eigenvalue weighted by Crippen LogP contribution is 2.47. The third-order valence-electron chi connectivity index (χ3n) is 6.87. The fourth-order valence-corrected chi connectivity index (χ4v) is 5.61. The van der Waals surface area contributed by atoms with Crippen molar-refractivity contribution >= 4 is 51.8 Å². The number of nitrogens with zero attached hydrogens (tertiary/aromatic N) is 5. The number of anilines is 1. The van der Waals surface area contributed by atoms with Gasteiger partial charge in [0.2, 0.25) is 5.91 Å². The van der Waals surface area contributed by atoms with Gasteiger partial charge in [0, 0.05) is 61.6 Å². The SMILES string of the molecule is CCN(C(=O)O)c1cc(Cl)c(Cl)c2c1c(-c1cnn(C3CCCCO3)c1)c1n2CCN(C(C)=O)C1. The maximum absolute atomic E-state index is 12.3. The Morgan fingerprint density at radius 2 is 2.09 bits per heavy atom. The van der Waals surface area contributed by atoms with Crippen LogP contribution in [-0.2, 0) is 22.6 Å². The van der Waals surface area contributed by atoms with Crippen molar-refractivity contribution < 1.29 is 19.4 Å². The summed E-state index contributed by atoms with van der Waals surface area (Å²) in [5.41, 5.74) is 3.61. The Bertz CT molecular complexity index is 1310. The third-order valence-corrected chi connectivity index (χ3v) is 7.64. The topological polar surface area (TPSA) is 92.8 Å². The minimum Gasteiger partial charge on any atom is -0.465 e. The molecule has 0 spiro atoms. The highest BCUT2D eigenvalue weighted by molar-refractivity contribution is 6.46. The van der Waals surface area contributed by atoms with E-state index in [9.17, 15) is 14.7 Å². The van der Waals surface area contributed by atoms with Crippen LogP contribution in [0, 0.1) is 0 Å². The smallest absolute Gasteiger partial charge is 0.411 e. The number of ether oxygens (including phenoxy) is 1. The number of fused-ring (bicyclic) bond motifs is 3. The van der Waals surface area contributed by atoms with Gasteiger partial charge < -0.3 is 19.3 Å². The molecule has 0 radical (unpaired) electrons. The van der Waals surface area contributed by atoms with E-state index in [4.69, 9.17) is 27.9 Å². The Balaban J connectivity index is 1.79. The monoisotopic (exact) mass is 519 g/mol. The lowest BCUT2D eigenvalue weighted by atomic mass is 10.0. The molecule has 0 aliphatic carbocycles. The molecular weight excluding hydrogens is 493 g/mol. The first kappa shape index (κ1) is 24.0. The molecule has 5 rings (SSSR count). The molecule has 1 fully saturated rings. The molecule has 3 aromatic rings. The molecule has 2 aliphatic heterocycles. The van der Waals surface area contributed by atoms with E-state index in [-0.39, 0.29) is 23.7 Å². The first-order chi connectivity index (χ1) is 16.8. The number of rotatable bonds is 4. The van der Waals surface area contributed by atoms with Crippen molar-refractivity contribution in [2.24, 2.45) is 0 Å². The van der Waals surface area contributed by atoms with Gasteiger partial charge in [-0.05, 0) is 32.3 Å². The Morgan fingerprint density at radius 1 is 1.29 bits per heavy atom. The summed E-state index contributed by atoms with van der Waals surface area (Å²) in [5, 5.41) is 15.9. The van der Waals surface area contributed by atoms with Crippen molar-refractivity contribution in [2.45, 2.75) is 52.4 Å². The average molecular weight is 520 g/mol. The predicted molar refractivity (Wildman–Crippen MR) is 134 cm³/mol. The molecule has 2 aromatic heterocycles. The standard InChI is InChI=1S/C24H27Cl2N5O4/c1-3-29(24(33)34)17-10-16(25)22(26)23-21(17)20(18-13-28(14(2)32)7-8-30(18)23)15-11-27-31(12-15)19-6-4-5-9-35-19/h10-12,19H,3-9,13H2,1-2H3,(H,33,34). The first-order valence-corrected chi connectivity index (χ1v) is 12.5. The number of amides is 2. The van der Waals surface area contributed by atoms with Crippen molar-refractivity contribution in [3.8, 4) is 11.1 Å². The number of halogens is 2. The summed E-state index contributed by atoms with van der Waals surface area (Å²) in [5.74, 6) is -0.0242. The minimum atomic E-state index is -1.08.